The Labute approximate surface area is 124 Å². The van der Waals surface area contributed by atoms with Crippen LogP contribution in [-0.2, 0) is 9.53 Å². The average molecular weight is 288 g/mol. The molecule has 1 aromatic carbocycles. The Kier molecular flexibility index (Phi) is 4.81. The van der Waals surface area contributed by atoms with Crippen molar-refractivity contribution in [2.24, 2.45) is 5.41 Å². The predicted octanol–water partition coefficient (Wildman–Crippen LogP) is 2.73. The normalized spacial score (nSPS) is 18.0. The summed E-state index contributed by atoms with van der Waals surface area (Å²) in [5.41, 5.74) is -0.442. The Hall–Kier alpha value is -2.06. The number of hydrogen-bond acceptors (Lipinski definition) is 4. The maximum atomic E-state index is 11.9. The lowest BCUT2D eigenvalue weighted by atomic mass is 9.94. The number of anilines is 1. The van der Waals surface area contributed by atoms with Crippen LogP contribution in [0, 0.1) is 16.7 Å². The van der Waals surface area contributed by atoms with E-state index in [0.717, 1.165) is 19.4 Å². The molecule has 5 heteroatoms. The summed E-state index contributed by atoms with van der Waals surface area (Å²) < 4.78 is 11.2. The first kappa shape index (κ1) is 15.3. The molecule has 5 nitrogen and oxygen atoms in total. The van der Waals surface area contributed by atoms with Gasteiger partial charge in [0.05, 0.1) is 12.2 Å². The SMILES string of the molecule is CC(C)(C#N)C(=O)Nc1cccc(OCC2CCCO2)c1. The molecular formula is C16H20N2O3. The van der Waals surface area contributed by atoms with Crippen LogP contribution in [0.4, 0.5) is 5.69 Å². The maximum Gasteiger partial charge on any atom is 0.244 e. The van der Waals surface area contributed by atoms with Crippen LogP contribution >= 0.6 is 0 Å². The minimum atomic E-state index is -1.06. The van der Waals surface area contributed by atoms with Crippen molar-refractivity contribution in [2.75, 3.05) is 18.5 Å². The summed E-state index contributed by atoms with van der Waals surface area (Å²) in [6.45, 7) is 4.48. The van der Waals surface area contributed by atoms with E-state index in [0.29, 0.717) is 18.0 Å². The molecule has 1 unspecified atom stereocenters. The molecule has 1 aliphatic heterocycles. The number of ether oxygens (including phenoxy) is 2. The van der Waals surface area contributed by atoms with E-state index in [4.69, 9.17) is 14.7 Å². The summed E-state index contributed by atoms with van der Waals surface area (Å²) in [6, 6.07) is 9.14. The molecule has 0 bridgehead atoms. The Morgan fingerprint density at radius 3 is 3.05 bits per heavy atom. The molecule has 0 saturated carbocycles. The third-order valence-corrected chi connectivity index (χ3v) is 3.40. The maximum absolute atomic E-state index is 11.9. The molecule has 2 rings (SSSR count). The van der Waals surface area contributed by atoms with Crippen LogP contribution in [0.5, 0.6) is 5.75 Å². The Bertz CT molecular complexity index is 543. The van der Waals surface area contributed by atoms with E-state index in [1.807, 2.05) is 12.1 Å². The van der Waals surface area contributed by atoms with Crippen molar-refractivity contribution < 1.29 is 14.3 Å². The first-order valence-electron chi connectivity index (χ1n) is 7.08. The first-order valence-corrected chi connectivity index (χ1v) is 7.08. The van der Waals surface area contributed by atoms with Gasteiger partial charge >= 0.3 is 0 Å². The number of nitrogens with zero attached hydrogens (tertiary/aromatic N) is 1. The summed E-state index contributed by atoms with van der Waals surface area (Å²) in [4.78, 5) is 11.9. The predicted molar refractivity (Wildman–Crippen MR) is 78.9 cm³/mol. The van der Waals surface area contributed by atoms with E-state index in [9.17, 15) is 4.79 Å². The van der Waals surface area contributed by atoms with Crippen molar-refractivity contribution in [1.82, 2.24) is 0 Å². The lowest BCUT2D eigenvalue weighted by Gasteiger charge is -2.16. The molecule has 1 aliphatic rings. The van der Waals surface area contributed by atoms with E-state index in [1.165, 1.54) is 0 Å². The number of carbonyl (C=O) groups is 1. The zero-order valence-corrected chi connectivity index (χ0v) is 12.4. The Morgan fingerprint density at radius 1 is 1.57 bits per heavy atom. The number of nitriles is 1. The smallest absolute Gasteiger partial charge is 0.244 e. The molecule has 21 heavy (non-hydrogen) atoms. The molecule has 1 fully saturated rings. The minimum absolute atomic E-state index is 0.153. The van der Waals surface area contributed by atoms with Gasteiger partial charge in [-0.05, 0) is 38.8 Å². The van der Waals surface area contributed by atoms with Gasteiger partial charge in [-0.1, -0.05) is 6.07 Å². The standard InChI is InChI=1S/C16H20N2O3/c1-16(2,11-17)15(19)18-12-5-3-6-13(9-12)21-10-14-7-4-8-20-14/h3,5-6,9,14H,4,7-8,10H2,1-2H3,(H,18,19). The van der Waals surface area contributed by atoms with Crippen LogP contribution < -0.4 is 10.1 Å². The van der Waals surface area contributed by atoms with Gasteiger partial charge in [-0.2, -0.15) is 5.26 Å². The van der Waals surface area contributed by atoms with Crippen LogP contribution in [0.1, 0.15) is 26.7 Å². The van der Waals surface area contributed by atoms with Crippen molar-refractivity contribution >= 4 is 11.6 Å². The first-order chi connectivity index (χ1) is 10.0. The fourth-order valence-electron chi connectivity index (χ4n) is 1.97. The van der Waals surface area contributed by atoms with E-state index in [-0.39, 0.29) is 12.0 Å². The molecule has 1 amide bonds. The zero-order valence-electron chi connectivity index (χ0n) is 12.4. The van der Waals surface area contributed by atoms with Crippen LogP contribution in [0.3, 0.4) is 0 Å². The van der Waals surface area contributed by atoms with Gasteiger partial charge in [-0.25, -0.2) is 0 Å². The molecule has 0 aliphatic carbocycles. The number of nitrogens with one attached hydrogen (secondary N) is 1. The minimum Gasteiger partial charge on any atom is -0.491 e. The topological polar surface area (TPSA) is 71.4 Å². The molecule has 1 atom stereocenters. The number of carbonyl (C=O) groups excluding carboxylic acids is 1. The van der Waals surface area contributed by atoms with Crippen LogP contribution in [-0.4, -0.2) is 25.2 Å². The van der Waals surface area contributed by atoms with Gasteiger partial charge in [0.2, 0.25) is 5.91 Å². The average Bonchev–Trinajstić information content (AvgIpc) is 2.99. The van der Waals surface area contributed by atoms with E-state index < -0.39 is 5.41 Å². The van der Waals surface area contributed by atoms with Crippen molar-refractivity contribution in [3.8, 4) is 11.8 Å². The molecule has 0 radical (unpaired) electrons. The van der Waals surface area contributed by atoms with Crippen molar-refractivity contribution in [1.29, 1.82) is 5.26 Å². The lowest BCUT2D eigenvalue weighted by molar-refractivity contribution is -0.121. The second-order valence-corrected chi connectivity index (χ2v) is 5.66. The van der Waals surface area contributed by atoms with E-state index in [1.54, 1.807) is 32.0 Å². The highest BCUT2D eigenvalue weighted by Crippen LogP contribution is 2.22. The monoisotopic (exact) mass is 288 g/mol. The van der Waals surface area contributed by atoms with Gasteiger partial charge < -0.3 is 14.8 Å². The Morgan fingerprint density at radius 2 is 2.38 bits per heavy atom. The van der Waals surface area contributed by atoms with Gasteiger partial charge in [0.25, 0.3) is 0 Å². The molecule has 1 heterocycles. The third kappa shape index (κ3) is 4.20. The van der Waals surface area contributed by atoms with Gasteiger partial charge in [0, 0.05) is 18.4 Å². The molecule has 1 saturated heterocycles. The van der Waals surface area contributed by atoms with Gasteiger partial charge in [-0.15, -0.1) is 0 Å². The number of benzene rings is 1. The summed E-state index contributed by atoms with van der Waals surface area (Å²) in [6.07, 6.45) is 2.25. The number of rotatable bonds is 5. The molecule has 1 N–H and O–H groups in total. The van der Waals surface area contributed by atoms with Gasteiger partial charge in [0.15, 0.2) is 0 Å². The lowest BCUT2D eigenvalue weighted by Crippen LogP contribution is -2.29. The summed E-state index contributed by atoms with van der Waals surface area (Å²) in [5, 5.41) is 11.7. The second kappa shape index (κ2) is 6.59. The second-order valence-electron chi connectivity index (χ2n) is 5.66. The van der Waals surface area contributed by atoms with Gasteiger partial charge in [-0.3, -0.25) is 4.79 Å². The summed E-state index contributed by atoms with van der Waals surface area (Å²) in [5.74, 6) is 0.347. The Balaban J connectivity index is 1.94. The zero-order chi connectivity index (χ0) is 15.3. The highest BCUT2D eigenvalue weighted by molar-refractivity contribution is 5.96. The van der Waals surface area contributed by atoms with E-state index in [2.05, 4.69) is 5.32 Å². The van der Waals surface area contributed by atoms with Crippen LogP contribution in [0.15, 0.2) is 24.3 Å². The highest BCUT2D eigenvalue weighted by atomic mass is 16.5. The molecule has 0 spiro atoms. The molecule has 1 aromatic rings. The largest absolute Gasteiger partial charge is 0.491 e. The summed E-state index contributed by atoms with van der Waals surface area (Å²) >= 11 is 0. The number of amides is 1. The third-order valence-electron chi connectivity index (χ3n) is 3.40. The fourth-order valence-corrected chi connectivity index (χ4v) is 1.97. The van der Waals surface area contributed by atoms with Crippen molar-refractivity contribution in [2.45, 2.75) is 32.8 Å². The van der Waals surface area contributed by atoms with Gasteiger partial charge in [0.1, 0.15) is 17.8 Å². The quantitative estimate of drug-likeness (QED) is 0.904. The highest BCUT2D eigenvalue weighted by Gasteiger charge is 2.27. The number of hydrogen-bond donors (Lipinski definition) is 1. The fraction of sp³-hybridized carbons (Fsp3) is 0.500. The van der Waals surface area contributed by atoms with Crippen molar-refractivity contribution in [3.05, 3.63) is 24.3 Å². The summed E-state index contributed by atoms with van der Waals surface area (Å²) in [7, 11) is 0. The molecular weight excluding hydrogens is 268 g/mol. The van der Waals surface area contributed by atoms with Crippen LogP contribution in [0.25, 0.3) is 0 Å². The van der Waals surface area contributed by atoms with Crippen LogP contribution in [0.2, 0.25) is 0 Å². The molecule has 0 aromatic heterocycles. The van der Waals surface area contributed by atoms with Crippen molar-refractivity contribution in [3.63, 3.8) is 0 Å². The molecule has 112 valence electrons. The van der Waals surface area contributed by atoms with E-state index >= 15 is 0 Å².